The number of aliphatic hydroxyl groups is 12. The third-order valence-electron chi connectivity index (χ3n) is 19.0. The molecule has 37 nitrogen and oxygen atoms in total. The first-order valence-corrected chi connectivity index (χ1v) is 36.9. The zero-order valence-corrected chi connectivity index (χ0v) is 63.4. The van der Waals surface area contributed by atoms with Gasteiger partial charge in [-0.2, -0.15) is 4.91 Å². The molecule has 0 bridgehead atoms. The summed E-state index contributed by atoms with van der Waals surface area (Å²) in [6.07, 6.45) is -11.7. The fourth-order valence-electron chi connectivity index (χ4n) is 13.4. The van der Waals surface area contributed by atoms with Crippen molar-refractivity contribution in [2.24, 2.45) is 16.6 Å². The number of nitrogens with zero attached hydrogens (tertiary/aromatic N) is 12. The summed E-state index contributed by atoms with van der Waals surface area (Å²) >= 11 is 0. The molecule has 0 aliphatic carbocycles. The number of rotatable bonds is 65. The van der Waals surface area contributed by atoms with Crippen LogP contribution in [0.5, 0.6) is 0 Å². The van der Waals surface area contributed by atoms with Crippen molar-refractivity contribution in [2.75, 3.05) is 91.6 Å². The van der Waals surface area contributed by atoms with E-state index in [0.717, 1.165) is 0 Å². The van der Waals surface area contributed by atoms with Gasteiger partial charge in [0.1, 0.15) is 0 Å². The molecule has 0 heterocycles. The summed E-state index contributed by atoms with van der Waals surface area (Å²) in [4.78, 5) is 76.8. The SMILES string of the molecule is CC(N)CC(O)CN(CC(O)CC(C)[N+](=O)[O-])C(C)CC(O)CN(CCCCCCN(CC(O)CC(C)N(CC(O)CC(C)N=O)CC(O)CC(C)[N+](=O)[O-])CC(O)CC(C)N(CC(O)CC(C)[N+](=O)[O-])CC(O)CC(C)[N+](=O)[O-])CC(O)CC(C)N(CC(O)CC(C)N)CC(O)C[C@H](C)[N+](=O)[O-]. The molecular formula is C66H136N14O23. The molecule has 23 unspecified atom stereocenters. The van der Waals surface area contributed by atoms with Crippen molar-refractivity contribution in [3.63, 3.8) is 0 Å². The number of nitrogens with two attached hydrogens (primary N) is 2. The highest BCUT2D eigenvalue weighted by atomic mass is 16.6. The van der Waals surface area contributed by atoms with Gasteiger partial charge in [0.15, 0.2) is 0 Å². The Morgan fingerprint density at radius 2 is 0.456 bits per heavy atom. The predicted molar refractivity (Wildman–Crippen MR) is 388 cm³/mol. The zero-order chi connectivity index (χ0) is 79.1. The lowest BCUT2D eigenvalue weighted by Crippen LogP contribution is -2.48. The first-order valence-electron chi connectivity index (χ1n) is 36.9. The van der Waals surface area contributed by atoms with Crippen LogP contribution in [0.3, 0.4) is 0 Å². The molecule has 0 saturated heterocycles. The third-order valence-corrected chi connectivity index (χ3v) is 19.0. The quantitative estimate of drug-likeness (QED) is 0.0166. The van der Waals surface area contributed by atoms with E-state index in [0.29, 0.717) is 38.8 Å². The lowest BCUT2D eigenvalue weighted by Gasteiger charge is -2.36. The Hall–Kier alpha value is -4.20. The molecule has 0 saturated carbocycles. The van der Waals surface area contributed by atoms with Gasteiger partial charge in [0, 0.05) is 213 Å². The lowest BCUT2D eigenvalue weighted by atomic mass is 10.0. The van der Waals surface area contributed by atoms with E-state index in [9.17, 15) is 117 Å². The fourth-order valence-corrected chi connectivity index (χ4v) is 13.4. The summed E-state index contributed by atoms with van der Waals surface area (Å²) in [5.41, 5.74) is 12.0. The number of nitroso groups, excluding NO2 is 1. The van der Waals surface area contributed by atoms with Gasteiger partial charge in [-0.3, -0.25) is 80.0 Å². The molecule has 0 aromatic carbocycles. The number of aliphatic hydroxyl groups excluding tert-OH is 12. The van der Waals surface area contributed by atoms with Crippen LogP contribution in [0.25, 0.3) is 0 Å². The summed E-state index contributed by atoms with van der Waals surface area (Å²) < 4.78 is 0. The Morgan fingerprint density at radius 3 is 0.631 bits per heavy atom. The van der Waals surface area contributed by atoms with Gasteiger partial charge >= 0.3 is 0 Å². The summed E-state index contributed by atoms with van der Waals surface area (Å²) in [5, 5.41) is 196. The van der Waals surface area contributed by atoms with Gasteiger partial charge in [0.2, 0.25) is 30.2 Å². The second-order valence-corrected chi connectivity index (χ2v) is 30.4. The van der Waals surface area contributed by atoms with Crippen molar-refractivity contribution in [3.05, 3.63) is 55.5 Å². The van der Waals surface area contributed by atoms with Gasteiger partial charge < -0.3 is 72.7 Å². The van der Waals surface area contributed by atoms with Crippen LogP contribution >= 0.6 is 0 Å². The maximum absolute atomic E-state index is 11.9. The molecule has 0 aliphatic heterocycles. The molecule has 0 fully saturated rings. The molecule has 37 heteroatoms. The van der Waals surface area contributed by atoms with Gasteiger partial charge in [-0.15, -0.1) is 0 Å². The number of hydrogen-bond acceptors (Lipinski definition) is 32. The summed E-state index contributed by atoms with van der Waals surface area (Å²) in [6.45, 7) is 18.7. The Balaban J connectivity index is 7.31. The first-order chi connectivity index (χ1) is 47.8. The maximum Gasteiger partial charge on any atom is 0.212 e. The molecule has 24 atom stereocenters. The predicted octanol–water partition coefficient (Wildman–Crippen LogP) is 0.100. The fraction of sp³-hybridized carbons (Fsp3) is 1.00. The average molecular weight is 1490 g/mol. The van der Waals surface area contributed by atoms with Crippen LogP contribution in [0.4, 0.5) is 0 Å². The third kappa shape index (κ3) is 46.6. The average Bonchev–Trinajstić information content (AvgIpc) is 0.893. The monoisotopic (exact) mass is 1490 g/mol. The largest absolute Gasteiger partial charge is 0.392 e. The van der Waals surface area contributed by atoms with Crippen molar-refractivity contribution >= 4 is 0 Å². The van der Waals surface area contributed by atoms with Crippen LogP contribution in [0.15, 0.2) is 5.18 Å². The smallest absolute Gasteiger partial charge is 0.212 e. The lowest BCUT2D eigenvalue weighted by molar-refractivity contribution is -0.520. The number of nitro groups is 5. The van der Waals surface area contributed by atoms with Crippen LogP contribution in [0.2, 0.25) is 0 Å². The molecule has 0 spiro atoms. The number of hydrogen-bond donors (Lipinski definition) is 14. The van der Waals surface area contributed by atoms with Crippen LogP contribution in [-0.2, 0) is 0 Å². The number of unbranched alkanes of at least 4 members (excludes halogenated alkanes) is 3. The van der Waals surface area contributed by atoms with E-state index >= 15 is 0 Å². The maximum atomic E-state index is 11.9. The Bertz CT molecular complexity index is 2230. The van der Waals surface area contributed by atoms with Crippen molar-refractivity contribution in [1.29, 1.82) is 0 Å². The van der Waals surface area contributed by atoms with Gasteiger partial charge in [-0.25, -0.2) is 0 Å². The van der Waals surface area contributed by atoms with E-state index in [1.165, 1.54) is 41.5 Å². The normalized spacial score (nSPS) is 19.6. The van der Waals surface area contributed by atoms with Crippen LogP contribution < -0.4 is 11.5 Å². The molecule has 0 amide bonds. The molecule has 0 radical (unpaired) electrons. The summed E-state index contributed by atoms with van der Waals surface area (Å²) in [5.74, 6) is 0. The molecule has 103 heavy (non-hydrogen) atoms. The summed E-state index contributed by atoms with van der Waals surface area (Å²) in [7, 11) is 0. The van der Waals surface area contributed by atoms with Crippen molar-refractivity contribution in [1.82, 2.24) is 29.4 Å². The van der Waals surface area contributed by atoms with Crippen molar-refractivity contribution < 1.29 is 85.9 Å². The van der Waals surface area contributed by atoms with E-state index < -0.39 is 158 Å². The zero-order valence-electron chi connectivity index (χ0n) is 63.4. The van der Waals surface area contributed by atoms with Crippen LogP contribution in [0, 0.1) is 55.5 Å². The van der Waals surface area contributed by atoms with Crippen LogP contribution in [0.1, 0.15) is 186 Å². The molecule has 0 aromatic rings. The van der Waals surface area contributed by atoms with E-state index in [-0.39, 0.29) is 168 Å². The van der Waals surface area contributed by atoms with Gasteiger partial charge in [0.25, 0.3) is 0 Å². The minimum absolute atomic E-state index is 0.000751. The first kappa shape index (κ1) is 98.8. The Kier molecular flexibility index (Phi) is 50.6. The van der Waals surface area contributed by atoms with E-state index in [1.54, 1.807) is 61.1 Å². The second kappa shape index (κ2) is 52.8. The van der Waals surface area contributed by atoms with Gasteiger partial charge in [0.05, 0.1) is 79.3 Å². The molecule has 0 rings (SSSR count). The highest BCUT2D eigenvalue weighted by Crippen LogP contribution is 2.22. The minimum Gasteiger partial charge on any atom is -0.392 e. The topological polar surface area (TPSA) is 559 Å². The summed E-state index contributed by atoms with van der Waals surface area (Å²) in [6, 6.07) is -9.19. The Labute approximate surface area is 608 Å². The van der Waals surface area contributed by atoms with Gasteiger partial charge in [-0.05, 0) is 113 Å². The molecule has 16 N–H and O–H groups in total. The standard InChI is InChI=1S/C66H136N14O23/c1-43(67)19-55(81)35-72(38-62(88)26-50(8)76(94)95)46(4)22-58(84)31-70(32-59(85)23-47(5)73(36-56(82)20-44(2)68)39-63(89)27-51(9)77(96)97)17-15-13-14-16-18-71(33-60(86)24-48(6)74(37-57(83)21-45(3)69-93)40-64(90)28-52(10)78(98)99)34-61(87)25-49(7)75(41-65(91)29-53(11)79(100)101)42-66(92)30-54(12)80(102)103/h43-66,81-92H,13-42,67-68H2,1-12H3/t43?,44?,45?,46?,47?,48?,49?,50-,51?,52?,53?,54?,55?,56?,57?,58?,59?,60?,61?,62?,63?,64?,65?,66?/m0/s1. The van der Waals surface area contributed by atoms with Gasteiger partial charge in [-0.1, -0.05) is 18.0 Å². The molecule has 0 aromatic heterocycles. The van der Waals surface area contributed by atoms with Crippen molar-refractivity contribution in [3.8, 4) is 0 Å². The van der Waals surface area contributed by atoms with E-state index in [2.05, 4.69) is 5.18 Å². The molecule has 608 valence electrons. The highest BCUT2D eigenvalue weighted by Gasteiger charge is 2.34. The van der Waals surface area contributed by atoms with E-state index in [1.807, 2.05) is 9.80 Å². The van der Waals surface area contributed by atoms with E-state index in [4.69, 9.17) is 11.5 Å². The minimum atomic E-state index is -1.26. The molecule has 0 aliphatic rings. The van der Waals surface area contributed by atoms with Crippen molar-refractivity contribution in [2.45, 2.75) is 332 Å². The Morgan fingerprint density at radius 1 is 0.282 bits per heavy atom. The highest BCUT2D eigenvalue weighted by molar-refractivity contribution is 4.86. The molecular weight excluding hydrogens is 1360 g/mol. The second-order valence-electron chi connectivity index (χ2n) is 30.4. The van der Waals surface area contributed by atoms with Crippen LogP contribution in [-0.4, -0.2) is 353 Å².